The third-order valence-electron chi connectivity index (χ3n) is 6.06. The first kappa shape index (κ1) is 24.6. The first-order valence-corrected chi connectivity index (χ1v) is 12.1. The van der Waals surface area contributed by atoms with Gasteiger partial charge in [0.25, 0.3) is 0 Å². The third-order valence-corrected chi connectivity index (χ3v) is 7.93. The number of amidine groups is 1. The number of nitrogens with zero attached hydrogens (tertiary/aromatic N) is 2. The Hall–Kier alpha value is -2.00. The van der Waals surface area contributed by atoms with Crippen molar-refractivity contribution in [3.63, 3.8) is 0 Å². The van der Waals surface area contributed by atoms with Crippen LogP contribution in [0, 0.1) is 19.7 Å². The van der Waals surface area contributed by atoms with Gasteiger partial charge in [0.05, 0.1) is 17.0 Å². The van der Waals surface area contributed by atoms with Gasteiger partial charge in [-0.1, -0.05) is 18.2 Å². The Bertz CT molecular complexity index is 1080. The van der Waals surface area contributed by atoms with Crippen LogP contribution in [0.5, 0.6) is 0 Å². The molecular formula is C23H30ClFN4O2S. The van der Waals surface area contributed by atoms with Crippen molar-refractivity contribution < 1.29 is 12.8 Å². The number of halogens is 2. The molecule has 9 heteroatoms. The molecule has 4 rings (SSSR count). The Balaban J connectivity index is 0.00000289. The van der Waals surface area contributed by atoms with E-state index in [1.165, 1.54) is 12.1 Å². The Morgan fingerprint density at radius 2 is 1.81 bits per heavy atom. The van der Waals surface area contributed by atoms with E-state index in [9.17, 15) is 12.8 Å². The quantitative estimate of drug-likeness (QED) is 0.705. The zero-order valence-corrected chi connectivity index (χ0v) is 20.0. The Kier molecular flexibility index (Phi) is 7.60. The minimum atomic E-state index is -3.54. The summed E-state index contributed by atoms with van der Waals surface area (Å²) < 4.78 is 41.5. The van der Waals surface area contributed by atoms with Crippen molar-refractivity contribution in [1.29, 1.82) is 0 Å². The first-order chi connectivity index (χ1) is 14.8. The molecule has 0 bridgehead atoms. The molecular weight excluding hydrogens is 451 g/mol. The van der Waals surface area contributed by atoms with Crippen LogP contribution in [0.15, 0.2) is 52.4 Å². The van der Waals surface area contributed by atoms with E-state index in [-0.39, 0.29) is 23.8 Å². The standard InChI is InChI=1S/C23H29FN4O2S.ClH/c1-17-12-18(2)14-21(13-17)31(29,30)28-10-6-23(7-11-28)22(25-8-9-27-23)26-16-19-4-3-5-20(24)15-19;/h3-5,12-15,27H,6-11,16H2,1-2H3,(H,25,26);1H. The molecule has 0 saturated carbocycles. The van der Waals surface area contributed by atoms with Crippen LogP contribution in [0.3, 0.4) is 0 Å². The highest BCUT2D eigenvalue weighted by Crippen LogP contribution is 2.29. The van der Waals surface area contributed by atoms with Gasteiger partial charge in [0, 0.05) is 26.2 Å². The maximum absolute atomic E-state index is 13.5. The average molecular weight is 481 g/mol. The molecule has 2 heterocycles. The monoisotopic (exact) mass is 480 g/mol. The van der Waals surface area contributed by atoms with Gasteiger partial charge in [-0.2, -0.15) is 4.31 Å². The van der Waals surface area contributed by atoms with Crippen LogP contribution < -0.4 is 10.6 Å². The molecule has 0 aliphatic carbocycles. The fourth-order valence-corrected chi connectivity index (χ4v) is 6.14. The highest BCUT2D eigenvalue weighted by Gasteiger charge is 2.43. The van der Waals surface area contributed by atoms with Crippen molar-refractivity contribution in [1.82, 2.24) is 14.9 Å². The molecule has 0 aromatic heterocycles. The van der Waals surface area contributed by atoms with Crippen LogP contribution in [0.1, 0.15) is 29.5 Å². The van der Waals surface area contributed by atoms with Crippen LogP contribution in [-0.4, -0.2) is 50.3 Å². The summed E-state index contributed by atoms with van der Waals surface area (Å²) in [5, 5.41) is 6.95. The predicted molar refractivity (Wildman–Crippen MR) is 127 cm³/mol. The summed E-state index contributed by atoms with van der Waals surface area (Å²) in [5.74, 6) is 0.578. The second-order valence-electron chi connectivity index (χ2n) is 8.45. The predicted octanol–water partition coefficient (Wildman–Crippen LogP) is 3.18. The molecule has 0 radical (unpaired) electrons. The number of benzene rings is 2. The summed E-state index contributed by atoms with van der Waals surface area (Å²) in [7, 11) is -3.54. The lowest BCUT2D eigenvalue weighted by molar-refractivity contribution is 0.241. The van der Waals surface area contributed by atoms with E-state index in [2.05, 4.69) is 10.6 Å². The van der Waals surface area contributed by atoms with Gasteiger partial charge in [-0.15, -0.1) is 12.4 Å². The van der Waals surface area contributed by atoms with Crippen molar-refractivity contribution in [3.8, 4) is 0 Å². The van der Waals surface area contributed by atoms with Crippen LogP contribution in [0.4, 0.5) is 4.39 Å². The van der Waals surface area contributed by atoms with E-state index in [4.69, 9.17) is 4.99 Å². The van der Waals surface area contributed by atoms with Crippen molar-refractivity contribution in [2.75, 3.05) is 26.2 Å². The Morgan fingerprint density at radius 3 is 2.47 bits per heavy atom. The van der Waals surface area contributed by atoms with Crippen molar-refractivity contribution in [2.24, 2.45) is 4.99 Å². The molecule has 174 valence electrons. The van der Waals surface area contributed by atoms with Crippen LogP contribution in [0.25, 0.3) is 0 Å². The summed E-state index contributed by atoms with van der Waals surface area (Å²) >= 11 is 0. The normalized spacial score (nSPS) is 18.7. The second kappa shape index (κ2) is 9.87. The molecule has 2 aliphatic heterocycles. The number of piperidine rings is 1. The third kappa shape index (κ3) is 5.14. The van der Waals surface area contributed by atoms with Gasteiger partial charge in [0.2, 0.25) is 10.0 Å². The maximum atomic E-state index is 13.5. The van der Waals surface area contributed by atoms with Crippen LogP contribution >= 0.6 is 12.4 Å². The smallest absolute Gasteiger partial charge is 0.243 e. The number of rotatable bonds is 4. The molecule has 1 spiro atoms. The minimum absolute atomic E-state index is 0. The van der Waals surface area contributed by atoms with E-state index in [0.29, 0.717) is 43.9 Å². The molecule has 2 aromatic carbocycles. The highest BCUT2D eigenvalue weighted by molar-refractivity contribution is 7.89. The molecule has 2 aromatic rings. The lowest BCUT2D eigenvalue weighted by atomic mass is 9.85. The van der Waals surface area contributed by atoms with Gasteiger partial charge in [0.1, 0.15) is 11.7 Å². The molecule has 0 atom stereocenters. The lowest BCUT2D eigenvalue weighted by Gasteiger charge is -2.44. The number of sulfonamides is 1. The highest BCUT2D eigenvalue weighted by atomic mass is 35.5. The summed E-state index contributed by atoms with van der Waals surface area (Å²) in [6.45, 7) is 6.57. The maximum Gasteiger partial charge on any atom is 0.243 e. The van der Waals surface area contributed by atoms with Gasteiger partial charge < -0.3 is 10.6 Å². The summed E-state index contributed by atoms with van der Waals surface area (Å²) in [6.07, 6.45) is 1.26. The average Bonchev–Trinajstić information content (AvgIpc) is 2.73. The lowest BCUT2D eigenvalue weighted by Crippen LogP contribution is -2.64. The van der Waals surface area contributed by atoms with Gasteiger partial charge in [-0.05, 0) is 67.6 Å². The Labute approximate surface area is 195 Å². The molecule has 0 amide bonds. The number of nitrogens with one attached hydrogen (secondary N) is 2. The molecule has 6 nitrogen and oxygen atoms in total. The van der Waals surface area contributed by atoms with Crippen molar-refractivity contribution in [2.45, 2.75) is 43.7 Å². The SMILES string of the molecule is Cc1cc(C)cc(S(=O)(=O)N2CCC3(CC2)NCCN=C3NCc2cccc(F)c2)c1.Cl. The van der Waals surface area contributed by atoms with Crippen molar-refractivity contribution in [3.05, 3.63) is 65.0 Å². The van der Waals surface area contributed by atoms with E-state index < -0.39 is 10.0 Å². The van der Waals surface area contributed by atoms with Crippen LogP contribution in [-0.2, 0) is 16.6 Å². The van der Waals surface area contributed by atoms with Gasteiger partial charge in [-0.25, -0.2) is 12.8 Å². The summed E-state index contributed by atoms with van der Waals surface area (Å²) in [6, 6.07) is 11.9. The van der Waals surface area contributed by atoms with Crippen LogP contribution in [0.2, 0.25) is 0 Å². The van der Waals surface area contributed by atoms with E-state index in [1.54, 1.807) is 22.5 Å². The Morgan fingerprint density at radius 1 is 1.12 bits per heavy atom. The molecule has 2 aliphatic rings. The fraction of sp³-hybridized carbons (Fsp3) is 0.435. The number of aryl methyl sites for hydroxylation is 2. The molecule has 32 heavy (non-hydrogen) atoms. The zero-order chi connectivity index (χ0) is 22.1. The molecule has 1 saturated heterocycles. The second-order valence-corrected chi connectivity index (χ2v) is 10.4. The van der Waals surface area contributed by atoms with E-state index in [1.807, 2.05) is 26.0 Å². The van der Waals surface area contributed by atoms with Gasteiger partial charge >= 0.3 is 0 Å². The first-order valence-electron chi connectivity index (χ1n) is 10.7. The summed E-state index contributed by atoms with van der Waals surface area (Å²) in [5.41, 5.74) is 2.35. The molecule has 0 unspecified atom stereocenters. The fourth-order valence-electron chi connectivity index (χ4n) is 4.51. The van der Waals surface area contributed by atoms with Gasteiger partial charge in [0.15, 0.2) is 0 Å². The molecule has 2 N–H and O–H groups in total. The topological polar surface area (TPSA) is 73.8 Å². The van der Waals surface area contributed by atoms with Crippen molar-refractivity contribution >= 4 is 28.3 Å². The summed E-state index contributed by atoms with van der Waals surface area (Å²) in [4.78, 5) is 5.05. The largest absolute Gasteiger partial charge is 0.368 e. The number of hydrogen-bond donors (Lipinski definition) is 2. The van der Waals surface area contributed by atoms with Gasteiger partial charge in [-0.3, -0.25) is 4.99 Å². The van der Waals surface area contributed by atoms with E-state index >= 15 is 0 Å². The minimum Gasteiger partial charge on any atom is -0.368 e. The number of hydrogen-bond acceptors (Lipinski definition) is 5. The molecule has 1 fully saturated rings. The zero-order valence-electron chi connectivity index (χ0n) is 18.4. The number of aliphatic imine (C=N–C) groups is 1. The van der Waals surface area contributed by atoms with E-state index in [0.717, 1.165) is 29.1 Å².